The second-order valence-corrected chi connectivity index (χ2v) is 16.1. The van der Waals surface area contributed by atoms with Crippen molar-refractivity contribution in [2.45, 2.75) is 13.8 Å². The first-order valence-corrected chi connectivity index (χ1v) is 20.9. The molecule has 5 nitrogen and oxygen atoms in total. The van der Waals surface area contributed by atoms with Gasteiger partial charge in [0, 0.05) is 65.8 Å². The topological polar surface area (TPSA) is 37.2 Å². The average molecular weight is 784 g/mol. The molecule has 13 aromatic rings. The van der Waals surface area contributed by atoms with Gasteiger partial charge in [0.05, 0.1) is 16.9 Å². The Kier molecular flexibility index (Phi) is 7.08. The number of aromatic nitrogens is 1. The predicted octanol–water partition coefficient (Wildman–Crippen LogP) is 16.2. The number of para-hydroxylation sites is 7. The van der Waals surface area contributed by atoms with Crippen LogP contribution in [0.3, 0.4) is 0 Å². The lowest BCUT2D eigenvalue weighted by Gasteiger charge is -2.28. The van der Waals surface area contributed by atoms with E-state index in [1.807, 2.05) is 0 Å². The second-order valence-electron chi connectivity index (χ2n) is 16.1. The molecule has 13 rings (SSSR count). The maximum absolute atomic E-state index is 7.07. The molecule has 0 spiro atoms. The van der Waals surface area contributed by atoms with E-state index in [0.717, 1.165) is 116 Å². The molecule has 0 aliphatic heterocycles. The predicted molar refractivity (Wildman–Crippen MR) is 254 cm³/mol. The van der Waals surface area contributed by atoms with Crippen LogP contribution in [0, 0.1) is 13.8 Å². The molecule has 0 saturated carbocycles. The lowest BCUT2D eigenvalue weighted by molar-refractivity contribution is 0.670. The summed E-state index contributed by atoms with van der Waals surface area (Å²) in [5.74, 6) is 0. The Bertz CT molecular complexity index is 3610. The molecule has 0 aliphatic carbocycles. The molecule has 0 atom stereocenters. The minimum atomic E-state index is 0.848. The zero-order valence-corrected chi connectivity index (χ0v) is 33.6. The Morgan fingerprint density at radius 2 is 0.738 bits per heavy atom. The Morgan fingerprint density at radius 1 is 0.344 bits per heavy atom. The van der Waals surface area contributed by atoms with E-state index in [4.69, 9.17) is 8.83 Å². The van der Waals surface area contributed by atoms with E-state index >= 15 is 0 Å². The van der Waals surface area contributed by atoms with Gasteiger partial charge in [-0.1, -0.05) is 127 Å². The maximum atomic E-state index is 7.07. The first-order valence-electron chi connectivity index (χ1n) is 20.9. The van der Waals surface area contributed by atoms with E-state index in [0.29, 0.717) is 0 Å². The molecule has 288 valence electrons. The minimum Gasteiger partial charge on any atom is -0.454 e. The number of anilines is 6. The van der Waals surface area contributed by atoms with Gasteiger partial charge >= 0.3 is 0 Å². The van der Waals surface area contributed by atoms with Crippen LogP contribution >= 0.6 is 0 Å². The summed E-state index contributed by atoms with van der Waals surface area (Å²) in [7, 11) is 0. The van der Waals surface area contributed by atoms with E-state index in [9.17, 15) is 0 Å². The zero-order valence-electron chi connectivity index (χ0n) is 33.6. The molecule has 0 amide bonds. The highest BCUT2D eigenvalue weighted by molar-refractivity contribution is 6.36. The van der Waals surface area contributed by atoms with Gasteiger partial charge in [-0.2, -0.15) is 0 Å². The highest BCUT2D eigenvalue weighted by Gasteiger charge is 2.31. The normalized spacial score (nSPS) is 12.1. The molecular formula is C56H37N3O2. The summed E-state index contributed by atoms with van der Waals surface area (Å²) in [5.41, 5.74) is 15.5. The lowest BCUT2D eigenvalue weighted by Crippen LogP contribution is -2.12. The van der Waals surface area contributed by atoms with Gasteiger partial charge in [-0.25, -0.2) is 0 Å². The number of hydrogen-bond acceptors (Lipinski definition) is 4. The number of furan rings is 2. The minimum absolute atomic E-state index is 0.848. The summed E-state index contributed by atoms with van der Waals surface area (Å²) in [4.78, 5) is 4.86. The third kappa shape index (κ3) is 4.71. The van der Waals surface area contributed by atoms with Crippen LogP contribution in [0.5, 0.6) is 0 Å². The molecule has 0 aliphatic rings. The van der Waals surface area contributed by atoms with E-state index in [1.165, 1.54) is 11.1 Å². The molecule has 0 N–H and O–H groups in total. The average Bonchev–Trinajstić information content (AvgIpc) is 4.06. The van der Waals surface area contributed by atoms with Gasteiger partial charge in [0.1, 0.15) is 22.2 Å². The van der Waals surface area contributed by atoms with E-state index in [1.54, 1.807) is 0 Å². The summed E-state index contributed by atoms with van der Waals surface area (Å²) in [6.07, 6.45) is 0. The van der Waals surface area contributed by atoms with Crippen molar-refractivity contribution in [1.82, 2.24) is 4.40 Å². The maximum Gasteiger partial charge on any atom is 0.160 e. The highest BCUT2D eigenvalue weighted by Crippen LogP contribution is 2.54. The first-order chi connectivity index (χ1) is 30.1. The largest absolute Gasteiger partial charge is 0.454 e. The van der Waals surface area contributed by atoms with Gasteiger partial charge < -0.3 is 23.0 Å². The summed E-state index contributed by atoms with van der Waals surface area (Å²) in [6.45, 7) is 4.39. The number of aryl methyl sites for hydroxylation is 2. The Morgan fingerprint density at radius 3 is 1.20 bits per heavy atom. The number of hydrogen-bond donors (Lipinski definition) is 0. The highest BCUT2D eigenvalue weighted by atomic mass is 16.3. The van der Waals surface area contributed by atoms with Crippen LogP contribution in [-0.4, -0.2) is 4.40 Å². The molecular weight excluding hydrogens is 747 g/mol. The molecule has 4 heterocycles. The quantitative estimate of drug-likeness (QED) is 0.168. The first kappa shape index (κ1) is 33.9. The van der Waals surface area contributed by atoms with Gasteiger partial charge in [0.2, 0.25) is 0 Å². The van der Waals surface area contributed by atoms with Crippen LogP contribution in [0.15, 0.2) is 197 Å². The van der Waals surface area contributed by atoms with Crippen molar-refractivity contribution >= 4 is 116 Å². The van der Waals surface area contributed by atoms with Crippen molar-refractivity contribution in [3.63, 3.8) is 0 Å². The fourth-order valence-electron chi connectivity index (χ4n) is 10.1. The standard InChI is InChI=1S/C56H37N3O2/c1-34-18-9-13-28-44(34)57(36-20-5-3-6-21-36)46-32-42-38-24-11-15-30-48(38)60-55(42)53-50(46)40-26-17-27-41-51-47(58(37-22-7-4-8-23-37)45-29-14-10-19-35(45)2)33-43-39-25-12-16-31-49(39)61-56(43)54(51)59(53)52(40)41/h3-33H,1-2H3. The van der Waals surface area contributed by atoms with Crippen molar-refractivity contribution in [1.29, 1.82) is 0 Å². The van der Waals surface area contributed by atoms with Gasteiger partial charge in [-0.15, -0.1) is 0 Å². The number of nitrogens with zero attached hydrogens (tertiary/aromatic N) is 3. The van der Waals surface area contributed by atoms with Crippen LogP contribution in [0.1, 0.15) is 11.1 Å². The van der Waals surface area contributed by atoms with Gasteiger partial charge in [0.15, 0.2) is 11.2 Å². The van der Waals surface area contributed by atoms with Crippen LogP contribution in [0.2, 0.25) is 0 Å². The van der Waals surface area contributed by atoms with Gasteiger partial charge in [0.25, 0.3) is 0 Å². The summed E-state index contributed by atoms with van der Waals surface area (Å²) in [5, 5.41) is 8.80. The number of fused-ring (bicyclic) bond motifs is 14. The van der Waals surface area contributed by atoms with Crippen LogP contribution in [0.4, 0.5) is 34.1 Å². The third-order valence-corrected chi connectivity index (χ3v) is 12.7. The van der Waals surface area contributed by atoms with Crippen molar-refractivity contribution in [3.05, 3.63) is 199 Å². The molecule has 0 radical (unpaired) electrons. The Hall–Kier alpha value is -8.02. The molecule has 0 unspecified atom stereocenters. The molecule has 0 saturated heterocycles. The smallest absolute Gasteiger partial charge is 0.160 e. The summed E-state index contributed by atoms with van der Waals surface area (Å²) < 4.78 is 16.6. The fourth-order valence-corrected chi connectivity index (χ4v) is 10.1. The number of benzene rings is 9. The van der Waals surface area contributed by atoms with Crippen molar-refractivity contribution in [3.8, 4) is 0 Å². The lowest BCUT2D eigenvalue weighted by atomic mass is 10.00. The summed E-state index contributed by atoms with van der Waals surface area (Å²) in [6, 6.07) is 67.2. The van der Waals surface area contributed by atoms with Crippen molar-refractivity contribution < 1.29 is 8.83 Å². The van der Waals surface area contributed by atoms with Crippen molar-refractivity contribution in [2.24, 2.45) is 0 Å². The third-order valence-electron chi connectivity index (χ3n) is 12.7. The fraction of sp³-hybridized carbons (Fsp3) is 0.0357. The number of rotatable bonds is 6. The van der Waals surface area contributed by atoms with E-state index < -0.39 is 0 Å². The monoisotopic (exact) mass is 783 g/mol. The molecule has 0 fully saturated rings. The van der Waals surface area contributed by atoms with Gasteiger partial charge in [-0.05, 0) is 85.6 Å². The zero-order chi connectivity index (χ0) is 40.3. The van der Waals surface area contributed by atoms with E-state index in [-0.39, 0.29) is 0 Å². The van der Waals surface area contributed by atoms with Crippen LogP contribution in [-0.2, 0) is 0 Å². The van der Waals surface area contributed by atoms with Crippen molar-refractivity contribution in [2.75, 3.05) is 9.80 Å². The SMILES string of the molecule is Cc1ccccc1N(c1ccccc1)c1cc2c3ccccc3oc2c2c1c1cccc3c4c(N(c5ccccc5)c5ccccc5C)cc5c6ccccc6oc5c4n2c13. The molecule has 5 heteroatoms. The van der Waals surface area contributed by atoms with Crippen LogP contribution in [0.25, 0.3) is 82.0 Å². The molecule has 4 aromatic heterocycles. The summed E-state index contributed by atoms with van der Waals surface area (Å²) >= 11 is 0. The van der Waals surface area contributed by atoms with Crippen LogP contribution < -0.4 is 9.80 Å². The Labute approximate surface area is 350 Å². The Balaban J connectivity index is 1.29. The molecule has 9 aromatic carbocycles. The molecule has 61 heavy (non-hydrogen) atoms. The second kappa shape index (κ2) is 12.7. The molecule has 0 bridgehead atoms. The van der Waals surface area contributed by atoms with E-state index in [2.05, 4.69) is 216 Å². The van der Waals surface area contributed by atoms with Gasteiger partial charge in [-0.3, -0.25) is 0 Å².